The van der Waals surface area contributed by atoms with E-state index in [9.17, 15) is 19.2 Å². The highest BCUT2D eigenvalue weighted by atomic mass is 16.6. The Bertz CT molecular complexity index is 781. The molecule has 1 aliphatic heterocycles. The molecule has 1 N–H and O–H groups in total. The first kappa shape index (κ1) is 40.9. The van der Waals surface area contributed by atoms with Crippen LogP contribution in [0.2, 0.25) is 0 Å². The van der Waals surface area contributed by atoms with E-state index in [1.54, 1.807) is 6.92 Å². The lowest BCUT2D eigenvalue weighted by molar-refractivity contribution is -0.137. The Hall–Kier alpha value is -2.14. The van der Waals surface area contributed by atoms with Crippen LogP contribution in [-0.2, 0) is 57.1 Å². The molecule has 0 aliphatic carbocycles. The number of hydrogen-bond donors (Lipinski definition) is 1. The van der Waals surface area contributed by atoms with Crippen LogP contribution >= 0.6 is 0 Å². The molecular weight excluding hydrogens is 592 g/mol. The van der Waals surface area contributed by atoms with Crippen LogP contribution < -0.4 is 5.32 Å². The summed E-state index contributed by atoms with van der Waals surface area (Å²) in [5.74, 6) is -0.532. The number of carbonyl (C=O) groups is 4. The van der Waals surface area contributed by atoms with Crippen LogP contribution in [0.5, 0.6) is 0 Å². The van der Waals surface area contributed by atoms with Gasteiger partial charge in [-0.3, -0.25) is 19.3 Å². The molecule has 0 aromatic rings. The number of unbranched alkanes of at least 4 members (excludes halogenated alkanes) is 1. The zero-order valence-corrected chi connectivity index (χ0v) is 26.9. The third-order valence-corrected chi connectivity index (χ3v) is 6.33. The molecule has 0 aromatic carbocycles. The van der Waals surface area contributed by atoms with Crippen molar-refractivity contribution in [3.63, 3.8) is 0 Å². The van der Waals surface area contributed by atoms with Crippen LogP contribution in [0.4, 0.5) is 0 Å². The third kappa shape index (κ3) is 25.7. The van der Waals surface area contributed by atoms with Gasteiger partial charge in [0.15, 0.2) is 0 Å². The predicted molar refractivity (Wildman–Crippen MR) is 164 cm³/mol. The van der Waals surface area contributed by atoms with Crippen LogP contribution in [0.3, 0.4) is 0 Å². The van der Waals surface area contributed by atoms with Gasteiger partial charge in [0.2, 0.25) is 0 Å². The quantitative estimate of drug-likeness (QED) is 0.0581. The van der Waals surface area contributed by atoms with Gasteiger partial charge in [0, 0.05) is 44.1 Å². The fourth-order valence-electron chi connectivity index (χ4n) is 3.84. The van der Waals surface area contributed by atoms with Crippen molar-refractivity contribution < 1.29 is 57.1 Å². The van der Waals surface area contributed by atoms with E-state index < -0.39 is 0 Å². The summed E-state index contributed by atoms with van der Waals surface area (Å²) in [6, 6.07) is 0. The summed E-state index contributed by atoms with van der Waals surface area (Å²) in [7, 11) is 0. The SMILES string of the molecule is CC(=O)CCOCCOCCOCCOCCOCCOCCOCCOCCNCC(C=O)CCCCN1C(=O)C=CC1=O. The fourth-order valence-corrected chi connectivity index (χ4v) is 3.84. The van der Waals surface area contributed by atoms with Crippen molar-refractivity contribution in [1.29, 1.82) is 0 Å². The second-order valence-electron chi connectivity index (χ2n) is 10.1. The van der Waals surface area contributed by atoms with Gasteiger partial charge in [0.05, 0.1) is 106 Å². The van der Waals surface area contributed by atoms with Crippen LogP contribution in [0.1, 0.15) is 32.6 Å². The number of ether oxygens (including phenoxy) is 8. The highest BCUT2D eigenvalue weighted by molar-refractivity contribution is 6.12. The van der Waals surface area contributed by atoms with Gasteiger partial charge in [-0.15, -0.1) is 0 Å². The summed E-state index contributed by atoms with van der Waals surface area (Å²) >= 11 is 0. The summed E-state index contributed by atoms with van der Waals surface area (Å²) < 4.78 is 43.4. The smallest absolute Gasteiger partial charge is 0.253 e. The van der Waals surface area contributed by atoms with E-state index in [1.165, 1.54) is 17.1 Å². The third-order valence-electron chi connectivity index (χ3n) is 6.33. The van der Waals surface area contributed by atoms with E-state index in [1.807, 2.05) is 0 Å². The van der Waals surface area contributed by atoms with Crippen LogP contribution in [0.25, 0.3) is 0 Å². The molecule has 260 valence electrons. The number of rotatable bonds is 35. The van der Waals surface area contributed by atoms with E-state index >= 15 is 0 Å². The van der Waals surface area contributed by atoms with Gasteiger partial charge >= 0.3 is 0 Å². The number of imide groups is 1. The molecule has 0 saturated carbocycles. The van der Waals surface area contributed by atoms with Gasteiger partial charge in [-0.25, -0.2) is 0 Å². The predicted octanol–water partition coefficient (Wildman–Crippen LogP) is 0.598. The first-order chi connectivity index (χ1) is 22.0. The minimum absolute atomic E-state index is 0.110. The van der Waals surface area contributed by atoms with Gasteiger partial charge in [0.1, 0.15) is 12.1 Å². The Morgan fingerprint density at radius 1 is 0.667 bits per heavy atom. The molecule has 0 saturated heterocycles. The molecule has 0 fully saturated rings. The summed E-state index contributed by atoms with van der Waals surface area (Å²) in [4.78, 5) is 46.3. The molecular formula is C31H54N2O12. The maximum Gasteiger partial charge on any atom is 0.253 e. The number of nitrogens with one attached hydrogen (secondary N) is 1. The topological polar surface area (TPSA) is 157 Å². The molecule has 0 radical (unpaired) electrons. The number of aldehydes is 1. The standard InChI is InChI=1S/C31H54N2O12/c1-28(35)7-10-38-12-14-40-16-18-42-20-22-44-24-25-45-23-21-43-19-17-41-15-13-39-11-8-32-26-29(27-34)4-2-3-9-33-30(36)5-6-31(33)37/h5-6,27,29,32H,2-4,7-26H2,1H3. The van der Waals surface area contributed by atoms with E-state index in [4.69, 9.17) is 37.9 Å². The van der Waals surface area contributed by atoms with Crippen molar-refractivity contribution in [2.45, 2.75) is 32.6 Å². The number of Topliss-reactive ketones (excluding diaryl/α,β-unsaturated/α-hetero) is 1. The number of hydrogen-bond acceptors (Lipinski definition) is 13. The van der Waals surface area contributed by atoms with Gasteiger partial charge in [-0.05, 0) is 19.8 Å². The molecule has 14 heteroatoms. The zero-order valence-electron chi connectivity index (χ0n) is 26.9. The van der Waals surface area contributed by atoms with E-state index in [0.717, 1.165) is 12.7 Å². The summed E-state index contributed by atoms with van der Waals surface area (Å²) in [5.41, 5.74) is 0. The van der Waals surface area contributed by atoms with Gasteiger partial charge in [-0.2, -0.15) is 0 Å². The average molecular weight is 647 g/mol. The molecule has 1 atom stereocenters. The van der Waals surface area contributed by atoms with E-state index in [2.05, 4.69) is 5.32 Å². The van der Waals surface area contributed by atoms with Crippen molar-refractivity contribution in [3.05, 3.63) is 12.2 Å². The van der Waals surface area contributed by atoms with Crippen molar-refractivity contribution >= 4 is 23.9 Å². The number of amides is 2. The first-order valence-electron chi connectivity index (χ1n) is 15.9. The lowest BCUT2D eigenvalue weighted by atomic mass is 10.0. The molecule has 0 spiro atoms. The van der Waals surface area contributed by atoms with Crippen molar-refractivity contribution in [2.24, 2.45) is 5.92 Å². The fraction of sp³-hybridized carbons (Fsp3) is 0.806. The van der Waals surface area contributed by atoms with Crippen molar-refractivity contribution in [3.8, 4) is 0 Å². The summed E-state index contributed by atoms with van der Waals surface area (Å²) in [5, 5.41) is 3.22. The lowest BCUT2D eigenvalue weighted by Crippen LogP contribution is -2.31. The maximum atomic E-state index is 11.5. The molecule has 1 unspecified atom stereocenters. The molecule has 1 rings (SSSR count). The second-order valence-corrected chi connectivity index (χ2v) is 10.1. The average Bonchev–Trinajstić information content (AvgIpc) is 3.35. The second kappa shape index (κ2) is 30.5. The summed E-state index contributed by atoms with van der Waals surface area (Å²) in [6.45, 7) is 10.8. The van der Waals surface area contributed by atoms with E-state index in [0.29, 0.717) is 145 Å². The molecule has 14 nitrogen and oxygen atoms in total. The number of ketones is 1. The maximum absolute atomic E-state index is 11.5. The largest absolute Gasteiger partial charge is 0.379 e. The normalized spacial score (nSPS) is 13.7. The Labute approximate surface area is 267 Å². The molecule has 2 amide bonds. The van der Waals surface area contributed by atoms with Gasteiger partial charge < -0.3 is 48.0 Å². The molecule has 0 aromatic heterocycles. The van der Waals surface area contributed by atoms with Gasteiger partial charge in [0.25, 0.3) is 11.8 Å². The van der Waals surface area contributed by atoms with Crippen LogP contribution in [-0.4, -0.2) is 154 Å². The monoisotopic (exact) mass is 646 g/mol. The Morgan fingerprint density at radius 2 is 1.07 bits per heavy atom. The Morgan fingerprint density at radius 3 is 1.47 bits per heavy atom. The highest BCUT2D eigenvalue weighted by Gasteiger charge is 2.22. The number of carbonyl (C=O) groups excluding carboxylic acids is 4. The minimum Gasteiger partial charge on any atom is -0.379 e. The molecule has 45 heavy (non-hydrogen) atoms. The number of nitrogens with zero attached hydrogens (tertiary/aromatic N) is 1. The summed E-state index contributed by atoms with van der Waals surface area (Å²) in [6.07, 6.45) is 6.09. The highest BCUT2D eigenvalue weighted by Crippen LogP contribution is 2.09. The Kier molecular flexibility index (Phi) is 27.7. The van der Waals surface area contributed by atoms with Crippen LogP contribution in [0, 0.1) is 5.92 Å². The molecule has 1 aliphatic rings. The van der Waals surface area contributed by atoms with Gasteiger partial charge in [-0.1, -0.05) is 6.42 Å². The minimum atomic E-state index is -0.270. The zero-order chi connectivity index (χ0) is 32.6. The molecule has 0 bridgehead atoms. The first-order valence-corrected chi connectivity index (χ1v) is 15.9. The van der Waals surface area contributed by atoms with Crippen LogP contribution in [0.15, 0.2) is 12.2 Å². The lowest BCUT2D eigenvalue weighted by Gasteiger charge is -2.15. The van der Waals surface area contributed by atoms with Crippen molar-refractivity contribution in [2.75, 3.05) is 125 Å². The van der Waals surface area contributed by atoms with E-state index in [-0.39, 0.29) is 23.5 Å². The van der Waals surface area contributed by atoms with Crippen molar-refractivity contribution in [1.82, 2.24) is 10.2 Å². The molecule has 1 heterocycles. The Balaban J connectivity index is 1.71.